The molecule has 116 valence electrons. The second kappa shape index (κ2) is 7.65. The number of benzene rings is 1. The summed E-state index contributed by atoms with van der Waals surface area (Å²) in [6.45, 7) is 5.54. The van der Waals surface area contributed by atoms with Gasteiger partial charge in [0, 0.05) is 18.7 Å². The van der Waals surface area contributed by atoms with Gasteiger partial charge < -0.3 is 9.64 Å². The van der Waals surface area contributed by atoms with Crippen LogP contribution in [-0.2, 0) is 4.79 Å². The van der Waals surface area contributed by atoms with Gasteiger partial charge in [0.05, 0.1) is 6.10 Å². The fraction of sp³-hybridized carbons (Fsp3) is 0.444. The van der Waals surface area contributed by atoms with Gasteiger partial charge in [-0.2, -0.15) is 5.26 Å². The lowest BCUT2D eigenvalue weighted by Gasteiger charge is -2.16. The molecule has 1 atom stereocenters. The highest BCUT2D eigenvalue weighted by molar-refractivity contribution is 6.02. The lowest BCUT2D eigenvalue weighted by atomic mass is 10.1. The van der Waals surface area contributed by atoms with E-state index >= 15 is 0 Å². The van der Waals surface area contributed by atoms with Crippen LogP contribution in [0, 0.1) is 11.3 Å². The van der Waals surface area contributed by atoms with Gasteiger partial charge >= 0.3 is 0 Å². The van der Waals surface area contributed by atoms with Crippen LogP contribution >= 0.6 is 0 Å². The number of amides is 1. The summed E-state index contributed by atoms with van der Waals surface area (Å²) in [5.74, 6) is 0.525. The SMILES string of the molecule is CC[C@@H](C)Oc1ccccc1/C=C(\C#N)C(=O)N1CCCC1. The van der Waals surface area contributed by atoms with Gasteiger partial charge in [-0.05, 0) is 38.3 Å². The number of likely N-dealkylation sites (tertiary alicyclic amines) is 1. The van der Waals surface area contributed by atoms with Crippen LogP contribution in [0.4, 0.5) is 0 Å². The first-order valence-corrected chi connectivity index (χ1v) is 7.82. The van der Waals surface area contributed by atoms with Crippen LogP contribution in [0.3, 0.4) is 0 Å². The molecular weight excluding hydrogens is 276 g/mol. The summed E-state index contributed by atoms with van der Waals surface area (Å²) in [5, 5.41) is 9.33. The second-order valence-electron chi connectivity index (χ2n) is 5.54. The quantitative estimate of drug-likeness (QED) is 0.618. The van der Waals surface area contributed by atoms with Gasteiger partial charge in [0.1, 0.15) is 17.4 Å². The Labute approximate surface area is 132 Å². The molecule has 0 bridgehead atoms. The van der Waals surface area contributed by atoms with Gasteiger partial charge in [0.25, 0.3) is 5.91 Å². The fourth-order valence-electron chi connectivity index (χ4n) is 2.40. The van der Waals surface area contributed by atoms with E-state index < -0.39 is 0 Å². The average Bonchev–Trinajstić information content (AvgIpc) is 3.07. The van der Waals surface area contributed by atoms with E-state index in [1.807, 2.05) is 37.3 Å². The van der Waals surface area contributed by atoms with Crippen molar-refractivity contribution in [3.8, 4) is 11.8 Å². The fourth-order valence-corrected chi connectivity index (χ4v) is 2.40. The number of ether oxygens (including phenoxy) is 1. The highest BCUT2D eigenvalue weighted by Crippen LogP contribution is 2.23. The lowest BCUT2D eigenvalue weighted by Crippen LogP contribution is -2.28. The first-order valence-electron chi connectivity index (χ1n) is 7.82. The maximum absolute atomic E-state index is 12.4. The predicted molar refractivity (Wildman–Crippen MR) is 86.2 cm³/mol. The monoisotopic (exact) mass is 298 g/mol. The van der Waals surface area contributed by atoms with Crippen molar-refractivity contribution in [3.05, 3.63) is 35.4 Å². The van der Waals surface area contributed by atoms with Gasteiger partial charge in [-0.3, -0.25) is 4.79 Å². The number of nitrogens with zero attached hydrogens (tertiary/aromatic N) is 2. The van der Waals surface area contributed by atoms with Crippen LogP contribution < -0.4 is 4.74 Å². The van der Waals surface area contributed by atoms with Crippen molar-refractivity contribution in [1.82, 2.24) is 4.90 Å². The van der Waals surface area contributed by atoms with Crippen LogP contribution in [0.1, 0.15) is 38.7 Å². The maximum atomic E-state index is 12.4. The van der Waals surface area contributed by atoms with Gasteiger partial charge in [0.15, 0.2) is 0 Å². The van der Waals surface area contributed by atoms with Crippen molar-refractivity contribution < 1.29 is 9.53 Å². The molecule has 1 heterocycles. The van der Waals surface area contributed by atoms with E-state index in [-0.39, 0.29) is 17.6 Å². The molecule has 2 rings (SSSR count). The third kappa shape index (κ3) is 3.88. The molecule has 1 fully saturated rings. The molecule has 0 spiro atoms. The van der Waals surface area contributed by atoms with Gasteiger partial charge in [0.2, 0.25) is 0 Å². The van der Waals surface area contributed by atoms with E-state index in [0.717, 1.165) is 37.9 Å². The van der Waals surface area contributed by atoms with Crippen LogP contribution in [0.25, 0.3) is 6.08 Å². The van der Waals surface area contributed by atoms with E-state index in [1.54, 1.807) is 11.0 Å². The zero-order valence-electron chi connectivity index (χ0n) is 13.2. The molecule has 1 aliphatic rings. The van der Waals surface area contributed by atoms with Crippen molar-refractivity contribution in [2.45, 2.75) is 39.2 Å². The molecule has 0 aromatic heterocycles. The summed E-state index contributed by atoms with van der Waals surface area (Å²) in [6, 6.07) is 9.54. The number of nitriles is 1. The molecule has 0 radical (unpaired) electrons. The molecule has 0 N–H and O–H groups in total. The normalized spacial score (nSPS) is 16.2. The maximum Gasteiger partial charge on any atom is 0.264 e. The Morgan fingerprint density at radius 1 is 1.41 bits per heavy atom. The van der Waals surface area contributed by atoms with E-state index in [1.165, 1.54) is 0 Å². The van der Waals surface area contributed by atoms with Crippen molar-refractivity contribution in [2.24, 2.45) is 0 Å². The number of hydrogen-bond acceptors (Lipinski definition) is 3. The second-order valence-corrected chi connectivity index (χ2v) is 5.54. The Morgan fingerprint density at radius 2 is 2.09 bits per heavy atom. The van der Waals surface area contributed by atoms with Gasteiger partial charge in [-0.25, -0.2) is 0 Å². The molecule has 0 unspecified atom stereocenters. The first kappa shape index (κ1) is 16.1. The zero-order chi connectivity index (χ0) is 15.9. The van der Waals surface area contributed by atoms with Crippen molar-refractivity contribution in [1.29, 1.82) is 5.26 Å². The zero-order valence-corrected chi connectivity index (χ0v) is 13.2. The van der Waals surface area contributed by atoms with Gasteiger partial charge in [-0.1, -0.05) is 25.1 Å². The molecule has 1 saturated heterocycles. The van der Waals surface area contributed by atoms with Crippen LogP contribution in [0.5, 0.6) is 5.75 Å². The van der Waals surface area contributed by atoms with Crippen LogP contribution in [0.2, 0.25) is 0 Å². The number of hydrogen-bond donors (Lipinski definition) is 0. The Balaban J connectivity index is 2.25. The minimum atomic E-state index is -0.182. The Hall–Kier alpha value is -2.28. The minimum absolute atomic E-state index is 0.0920. The number of carbonyl (C=O) groups is 1. The smallest absolute Gasteiger partial charge is 0.264 e. The summed E-state index contributed by atoms with van der Waals surface area (Å²) < 4.78 is 5.87. The van der Waals surface area contributed by atoms with E-state index in [2.05, 4.69) is 6.92 Å². The molecule has 4 heteroatoms. The highest BCUT2D eigenvalue weighted by atomic mass is 16.5. The van der Waals surface area contributed by atoms with Crippen LogP contribution in [-0.4, -0.2) is 30.0 Å². The molecule has 4 nitrogen and oxygen atoms in total. The standard InChI is InChI=1S/C18H22N2O2/c1-3-14(2)22-17-9-5-4-8-15(17)12-16(13-19)18(21)20-10-6-7-11-20/h4-5,8-9,12,14H,3,6-7,10-11H2,1-2H3/b16-12+/t14-/m1/s1. The average molecular weight is 298 g/mol. The lowest BCUT2D eigenvalue weighted by molar-refractivity contribution is -0.125. The van der Waals surface area contributed by atoms with E-state index in [4.69, 9.17) is 4.74 Å². The van der Waals surface area contributed by atoms with E-state index in [9.17, 15) is 10.1 Å². The molecule has 1 aliphatic heterocycles. The summed E-state index contributed by atoms with van der Waals surface area (Å²) in [5.41, 5.74) is 0.939. The van der Waals surface area contributed by atoms with Crippen molar-refractivity contribution >= 4 is 12.0 Å². The molecular formula is C18H22N2O2. The Kier molecular flexibility index (Phi) is 5.60. The molecule has 1 aromatic carbocycles. The molecule has 22 heavy (non-hydrogen) atoms. The Bertz CT molecular complexity index is 595. The van der Waals surface area contributed by atoms with Crippen molar-refractivity contribution in [2.75, 3.05) is 13.1 Å². The molecule has 1 aromatic rings. The third-order valence-electron chi connectivity index (χ3n) is 3.87. The summed E-state index contributed by atoms with van der Waals surface area (Å²) in [4.78, 5) is 14.1. The molecule has 0 saturated carbocycles. The molecule has 0 aliphatic carbocycles. The topological polar surface area (TPSA) is 53.3 Å². The first-order chi connectivity index (χ1) is 10.7. The largest absolute Gasteiger partial charge is 0.490 e. The summed E-state index contributed by atoms with van der Waals surface area (Å²) in [6.07, 6.45) is 4.65. The summed E-state index contributed by atoms with van der Waals surface area (Å²) in [7, 11) is 0. The Morgan fingerprint density at radius 3 is 2.73 bits per heavy atom. The van der Waals surface area contributed by atoms with Crippen molar-refractivity contribution in [3.63, 3.8) is 0 Å². The number of rotatable bonds is 5. The van der Waals surface area contributed by atoms with Gasteiger partial charge in [-0.15, -0.1) is 0 Å². The highest BCUT2D eigenvalue weighted by Gasteiger charge is 2.21. The number of para-hydroxylation sites is 1. The summed E-state index contributed by atoms with van der Waals surface area (Å²) >= 11 is 0. The third-order valence-corrected chi connectivity index (χ3v) is 3.87. The number of carbonyl (C=O) groups excluding carboxylic acids is 1. The molecule has 1 amide bonds. The predicted octanol–water partition coefficient (Wildman–Crippen LogP) is 3.39. The minimum Gasteiger partial charge on any atom is -0.490 e. The van der Waals surface area contributed by atoms with Crippen LogP contribution in [0.15, 0.2) is 29.8 Å². The van der Waals surface area contributed by atoms with E-state index in [0.29, 0.717) is 5.75 Å².